The average Bonchev–Trinajstić information content (AvgIpc) is 3.36. The maximum Gasteiger partial charge on any atom is 0.306 e. The average molecular weight is 976 g/mol. The summed E-state index contributed by atoms with van der Waals surface area (Å²) >= 11 is 0. The van der Waals surface area contributed by atoms with Gasteiger partial charge in [0.05, 0.1) is 6.61 Å². The summed E-state index contributed by atoms with van der Waals surface area (Å²) in [7, 11) is 0. The molecule has 0 rings (SSSR count). The molecule has 0 saturated carbocycles. The van der Waals surface area contributed by atoms with E-state index in [1.807, 2.05) is 0 Å². The van der Waals surface area contributed by atoms with E-state index in [0.29, 0.717) is 12.8 Å². The molecule has 0 saturated heterocycles. The number of rotatable bonds is 55. The number of hydrogen-bond acceptors (Lipinski definition) is 5. The van der Waals surface area contributed by atoms with Crippen LogP contribution in [0.2, 0.25) is 0 Å². The molecule has 0 aromatic heterocycles. The van der Waals surface area contributed by atoms with Crippen LogP contribution in [-0.2, 0) is 19.1 Å². The molecule has 404 valence electrons. The van der Waals surface area contributed by atoms with Crippen molar-refractivity contribution < 1.29 is 24.2 Å². The van der Waals surface area contributed by atoms with Crippen LogP contribution in [0.3, 0.4) is 0 Å². The third kappa shape index (κ3) is 57.7. The zero-order valence-corrected chi connectivity index (χ0v) is 46.3. The van der Waals surface area contributed by atoms with E-state index in [0.717, 1.165) is 77.0 Å². The van der Waals surface area contributed by atoms with Gasteiger partial charge in [-0.05, 0) is 89.9 Å². The van der Waals surface area contributed by atoms with Gasteiger partial charge in [0.2, 0.25) is 0 Å². The molecule has 0 aromatic carbocycles. The molecule has 0 aliphatic carbocycles. The van der Waals surface area contributed by atoms with Gasteiger partial charge < -0.3 is 14.6 Å². The van der Waals surface area contributed by atoms with Crippen molar-refractivity contribution in [2.45, 2.75) is 302 Å². The molecule has 1 atom stereocenters. The van der Waals surface area contributed by atoms with Crippen molar-refractivity contribution in [3.63, 3.8) is 0 Å². The Morgan fingerprint density at radius 2 is 0.614 bits per heavy atom. The van der Waals surface area contributed by atoms with Gasteiger partial charge in [-0.25, -0.2) is 0 Å². The molecule has 0 aromatic rings. The smallest absolute Gasteiger partial charge is 0.306 e. The second kappa shape index (κ2) is 60.4. The topological polar surface area (TPSA) is 72.8 Å². The van der Waals surface area contributed by atoms with Gasteiger partial charge in [-0.2, -0.15) is 0 Å². The van der Waals surface area contributed by atoms with Crippen LogP contribution in [0.15, 0.2) is 85.1 Å². The van der Waals surface area contributed by atoms with Crippen molar-refractivity contribution in [3.05, 3.63) is 85.1 Å². The third-order valence-corrected chi connectivity index (χ3v) is 13.2. The van der Waals surface area contributed by atoms with Gasteiger partial charge >= 0.3 is 11.9 Å². The molecule has 0 aliphatic heterocycles. The molecular formula is C65H114O5. The number of aliphatic hydroxyl groups is 1. The maximum absolute atomic E-state index is 12.3. The molecule has 70 heavy (non-hydrogen) atoms. The van der Waals surface area contributed by atoms with Crippen LogP contribution in [-0.4, -0.2) is 36.4 Å². The van der Waals surface area contributed by atoms with E-state index in [1.165, 1.54) is 193 Å². The fourth-order valence-electron chi connectivity index (χ4n) is 8.67. The highest BCUT2D eigenvalue weighted by atomic mass is 16.6. The number of carbonyl (C=O) groups is 2. The van der Waals surface area contributed by atoms with Crippen LogP contribution in [0, 0.1) is 0 Å². The lowest BCUT2D eigenvalue weighted by molar-refractivity contribution is -0.161. The highest BCUT2D eigenvalue weighted by Gasteiger charge is 2.16. The predicted octanol–water partition coefficient (Wildman–Crippen LogP) is 20.5. The van der Waals surface area contributed by atoms with Crippen molar-refractivity contribution in [2.24, 2.45) is 0 Å². The highest BCUT2D eigenvalue weighted by Crippen LogP contribution is 2.17. The minimum atomic E-state index is -0.775. The van der Waals surface area contributed by atoms with Crippen LogP contribution in [0.25, 0.3) is 0 Å². The molecule has 0 heterocycles. The molecule has 0 bridgehead atoms. The fraction of sp³-hybridized carbons (Fsp3) is 0.754. The molecule has 0 amide bonds. The molecule has 0 aliphatic rings. The van der Waals surface area contributed by atoms with E-state index in [-0.39, 0.29) is 25.2 Å². The monoisotopic (exact) mass is 975 g/mol. The van der Waals surface area contributed by atoms with Gasteiger partial charge in [0.25, 0.3) is 0 Å². The molecular weight excluding hydrogens is 861 g/mol. The summed E-state index contributed by atoms with van der Waals surface area (Å²) in [6.45, 7) is 4.02. The van der Waals surface area contributed by atoms with Crippen LogP contribution < -0.4 is 0 Å². The first-order chi connectivity index (χ1) is 34.6. The Balaban J connectivity index is 3.44. The number of allylic oxidation sites excluding steroid dienone is 14. The number of aliphatic hydroxyl groups excluding tert-OH is 1. The van der Waals surface area contributed by atoms with Gasteiger partial charge in [-0.15, -0.1) is 0 Å². The van der Waals surface area contributed by atoms with E-state index < -0.39 is 6.10 Å². The summed E-state index contributed by atoms with van der Waals surface area (Å²) in [5.41, 5.74) is 0. The standard InChI is InChI=1S/C65H114O5/c1-3-5-7-9-11-13-15-17-19-21-23-24-25-26-27-28-29-30-31-32-33-34-35-36-37-38-39-40-42-44-46-48-50-52-54-56-58-60-65(68)70-63(61-66)62-69-64(67)59-57-55-53-51-49-47-45-43-41-22-20-18-16-14-12-10-8-6-4-2/h5,7,11-14,17-20,23-24,26-27,63,66H,3-4,6,8-10,15-16,21-22,25,28-62H2,1-2H3/b7-5-,13-11-,14-12-,19-17-,20-18-,24-23-,27-26-. The number of hydrogen-bond donors (Lipinski definition) is 1. The minimum absolute atomic E-state index is 0.0671. The maximum atomic E-state index is 12.3. The molecule has 0 radical (unpaired) electrons. The molecule has 0 spiro atoms. The van der Waals surface area contributed by atoms with Gasteiger partial charge in [-0.1, -0.05) is 279 Å². The van der Waals surface area contributed by atoms with Crippen LogP contribution in [0.5, 0.6) is 0 Å². The molecule has 0 fully saturated rings. The first-order valence-corrected chi connectivity index (χ1v) is 30.1. The quantitative estimate of drug-likeness (QED) is 0.0373. The Bertz CT molecular complexity index is 1290. The van der Waals surface area contributed by atoms with Crippen molar-refractivity contribution >= 4 is 11.9 Å². The first kappa shape index (κ1) is 67.1. The van der Waals surface area contributed by atoms with Crippen LogP contribution in [0.1, 0.15) is 296 Å². The van der Waals surface area contributed by atoms with E-state index >= 15 is 0 Å². The van der Waals surface area contributed by atoms with Gasteiger partial charge in [0.15, 0.2) is 6.10 Å². The zero-order valence-electron chi connectivity index (χ0n) is 46.3. The SMILES string of the molecule is CC/C=C\C/C=C\C/C=C\C/C=C\C/C=C\CCCCCCCCCCCCCCCCCCCCCCCC(=O)OC(CO)COC(=O)CCCCCCCCCCC/C=C\C/C=C\CCCCC. The largest absolute Gasteiger partial charge is 0.462 e. The lowest BCUT2D eigenvalue weighted by atomic mass is 10.0. The second-order valence-electron chi connectivity index (χ2n) is 20.0. The Morgan fingerprint density at radius 3 is 0.929 bits per heavy atom. The lowest BCUT2D eigenvalue weighted by Crippen LogP contribution is -2.28. The number of carbonyl (C=O) groups excluding carboxylic acids is 2. The Morgan fingerprint density at radius 1 is 0.343 bits per heavy atom. The van der Waals surface area contributed by atoms with E-state index in [9.17, 15) is 14.7 Å². The van der Waals surface area contributed by atoms with Gasteiger partial charge in [-0.3, -0.25) is 9.59 Å². The number of ether oxygens (including phenoxy) is 2. The van der Waals surface area contributed by atoms with Gasteiger partial charge in [0, 0.05) is 12.8 Å². The summed E-state index contributed by atoms with van der Waals surface area (Å²) in [6, 6.07) is 0. The molecule has 5 heteroatoms. The first-order valence-electron chi connectivity index (χ1n) is 30.1. The Kier molecular flexibility index (Phi) is 57.9. The number of unbranched alkanes of at least 4 members (excludes halogenated alkanes) is 33. The Hall–Kier alpha value is -2.92. The zero-order chi connectivity index (χ0) is 50.6. The number of esters is 2. The lowest BCUT2D eigenvalue weighted by Gasteiger charge is -2.15. The Labute approximate surface area is 435 Å². The minimum Gasteiger partial charge on any atom is -0.462 e. The van der Waals surface area contributed by atoms with Crippen molar-refractivity contribution in [1.29, 1.82) is 0 Å². The molecule has 1 N–H and O–H groups in total. The van der Waals surface area contributed by atoms with Crippen LogP contribution in [0.4, 0.5) is 0 Å². The third-order valence-electron chi connectivity index (χ3n) is 13.2. The molecule has 5 nitrogen and oxygen atoms in total. The summed E-state index contributed by atoms with van der Waals surface area (Å²) in [4.78, 5) is 24.5. The van der Waals surface area contributed by atoms with Crippen molar-refractivity contribution in [2.75, 3.05) is 13.2 Å². The van der Waals surface area contributed by atoms with E-state index in [2.05, 4.69) is 98.9 Å². The summed E-state index contributed by atoms with van der Waals surface area (Å²) in [6.07, 6.45) is 84.3. The van der Waals surface area contributed by atoms with Crippen molar-refractivity contribution in [1.82, 2.24) is 0 Å². The van der Waals surface area contributed by atoms with Crippen molar-refractivity contribution in [3.8, 4) is 0 Å². The highest BCUT2D eigenvalue weighted by molar-refractivity contribution is 5.70. The fourth-order valence-corrected chi connectivity index (χ4v) is 8.67. The normalized spacial score (nSPS) is 12.8. The summed E-state index contributed by atoms with van der Waals surface area (Å²) in [5, 5.41) is 9.66. The van der Waals surface area contributed by atoms with Gasteiger partial charge in [0.1, 0.15) is 6.61 Å². The van der Waals surface area contributed by atoms with E-state index in [4.69, 9.17) is 9.47 Å². The van der Waals surface area contributed by atoms with Crippen LogP contribution >= 0.6 is 0 Å². The second-order valence-corrected chi connectivity index (χ2v) is 20.0. The molecule has 1 unspecified atom stereocenters. The summed E-state index contributed by atoms with van der Waals surface area (Å²) in [5.74, 6) is -0.585. The summed E-state index contributed by atoms with van der Waals surface area (Å²) < 4.78 is 10.7. The van der Waals surface area contributed by atoms with E-state index in [1.54, 1.807) is 0 Å². The predicted molar refractivity (Wildman–Crippen MR) is 306 cm³/mol.